The first-order valence-corrected chi connectivity index (χ1v) is 7.50. The van der Waals surface area contributed by atoms with Crippen molar-refractivity contribution in [2.75, 3.05) is 10.2 Å². The van der Waals surface area contributed by atoms with Crippen LogP contribution in [-0.2, 0) is 4.79 Å². The Balaban J connectivity index is 1.80. The molecule has 0 bridgehead atoms. The van der Waals surface area contributed by atoms with Crippen molar-refractivity contribution < 1.29 is 4.79 Å². The molecule has 19 heavy (non-hydrogen) atoms. The number of hydrogen-bond acceptors (Lipinski definition) is 2. The van der Waals surface area contributed by atoms with Crippen molar-refractivity contribution in [3.05, 3.63) is 23.2 Å². The van der Waals surface area contributed by atoms with Crippen molar-refractivity contribution in [2.45, 2.75) is 44.2 Å². The highest BCUT2D eigenvalue weighted by Crippen LogP contribution is 2.47. The first-order valence-electron chi connectivity index (χ1n) is 7.13. The summed E-state index contributed by atoms with van der Waals surface area (Å²) in [5.41, 5.74) is 2.03. The molecule has 100 valence electrons. The molecule has 3 unspecified atom stereocenters. The summed E-state index contributed by atoms with van der Waals surface area (Å²) in [6.45, 7) is 0. The van der Waals surface area contributed by atoms with Gasteiger partial charge in [-0.15, -0.1) is 0 Å². The van der Waals surface area contributed by atoms with Crippen LogP contribution in [0.15, 0.2) is 18.2 Å². The first kappa shape index (κ1) is 11.6. The Morgan fingerprint density at radius 1 is 1.26 bits per heavy atom. The number of hydrogen-bond donors (Lipinski definition) is 1. The Bertz CT molecular complexity index is 545. The summed E-state index contributed by atoms with van der Waals surface area (Å²) in [6.07, 6.45) is 6.11. The summed E-state index contributed by atoms with van der Waals surface area (Å²) in [7, 11) is 0. The molecule has 1 aliphatic carbocycles. The number of anilines is 2. The molecule has 0 aromatic heterocycles. The van der Waals surface area contributed by atoms with Crippen LogP contribution in [0.3, 0.4) is 0 Å². The van der Waals surface area contributed by atoms with Gasteiger partial charge in [0.2, 0.25) is 5.91 Å². The van der Waals surface area contributed by atoms with Gasteiger partial charge in [0.05, 0.1) is 11.4 Å². The maximum atomic E-state index is 12.3. The van der Waals surface area contributed by atoms with Gasteiger partial charge >= 0.3 is 0 Å². The Morgan fingerprint density at radius 3 is 3.00 bits per heavy atom. The third-order valence-electron chi connectivity index (χ3n) is 4.89. The molecule has 1 aromatic rings. The van der Waals surface area contributed by atoms with Crippen LogP contribution in [0.1, 0.15) is 32.1 Å². The van der Waals surface area contributed by atoms with E-state index in [2.05, 4.69) is 16.3 Å². The van der Waals surface area contributed by atoms with Gasteiger partial charge in [-0.05, 0) is 43.4 Å². The summed E-state index contributed by atoms with van der Waals surface area (Å²) >= 11 is 6.03. The molecule has 3 nitrogen and oxygen atoms in total. The molecule has 2 fully saturated rings. The molecule has 2 aliphatic heterocycles. The minimum atomic E-state index is 0.0294. The molecule has 1 amide bonds. The second-order valence-corrected chi connectivity index (χ2v) is 6.36. The Kier molecular flexibility index (Phi) is 2.52. The van der Waals surface area contributed by atoms with Crippen molar-refractivity contribution >= 4 is 28.9 Å². The second-order valence-electron chi connectivity index (χ2n) is 5.92. The van der Waals surface area contributed by atoms with E-state index in [1.54, 1.807) is 0 Å². The highest BCUT2D eigenvalue weighted by Gasteiger charge is 2.47. The molecule has 3 atom stereocenters. The molecule has 4 heteroatoms. The van der Waals surface area contributed by atoms with Gasteiger partial charge in [0.25, 0.3) is 0 Å². The van der Waals surface area contributed by atoms with Crippen LogP contribution >= 0.6 is 11.6 Å². The Morgan fingerprint density at radius 2 is 2.11 bits per heavy atom. The summed E-state index contributed by atoms with van der Waals surface area (Å²) in [6, 6.07) is 6.42. The SMILES string of the molecule is O=C1Nc2cc(Cl)ccc2N2C1CC1CCCCC12. The molecule has 0 radical (unpaired) electrons. The zero-order valence-corrected chi connectivity index (χ0v) is 11.5. The minimum Gasteiger partial charge on any atom is -0.355 e. The van der Waals surface area contributed by atoms with Crippen LogP contribution in [0.2, 0.25) is 5.02 Å². The van der Waals surface area contributed by atoms with Gasteiger partial charge in [-0.2, -0.15) is 0 Å². The molecule has 1 N–H and O–H groups in total. The number of carbonyl (C=O) groups excluding carboxylic acids is 1. The predicted molar refractivity (Wildman–Crippen MR) is 76.7 cm³/mol. The maximum Gasteiger partial charge on any atom is 0.247 e. The lowest BCUT2D eigenvalue weighted by atomic mass is 9.84. The van der Waals surface area contributed by atoms with E-state index in [0.717, 1.165) is 17.8 Å². The van der Waals surface area contributed by atoms with E-state index in [4.69, 9.17) is 11.6 Å². The fourth-order valence-electron chi connectivity index (χ4n) is 4.09. The van der Waals surface area contributed by atoms with E-state index in [1.165, 1.54) is 25.7 Å². The van der Waals surface area contributed by atoms with Crippen LogP contribution in [0, 0.1) is 5.92 Å². The Hall–Kier alpha value is -1.22. The monoisotopic (exact) mass is 276 g/mol. The van der Waals surface area contributed by atoms with Gasteiger partial charge in [-0.25, -0.2) is 0 Å². The van der Waals surface area contributed by atoms with Crippen LogP contribution in [0.5, 0.6) is 0 Å². The lowest BCUT2D eigenvalue weighted by molar-refractivity contribution is -0.117. The fourth-order valence-corrected chi connectivity index (χ4v) is 4.26. The molecule has 1 aromatic carbocycles. The van der Waals surface area contributed by atoms with Crippen molar-refractivity contribution in [1.82, 2.24) is 0 Å². The van der Waals surface area contributed by atoms with Gasteiger partial charge in [0, 0.05) is 11.1 Å². The van der Waals surface area contributed by atoms with E-state index >= 15 is 0 Å². The molecule has 1 saturated carbocycles. The highest BCUT2D eigenvalue weighted by molar-refractivity contribution is 6.31. The molecular formula is C15H17ClN2O. The smallest absolute Gasteiger partial charge is 0.247 e. The summed E-state index contributed by atoms with van der Waals surface area (Å²) in [5, 5.41) is 3.69. The number of rotatable bonds is 0. The zero-order chi connectivity index (χ0) is 13.0. The normalized spacial score (nSPS) is 32.4. The first-order chi connectivity index (χ1) is 9.24. The average molecular weight is 277 g/mol. The van der Waals surface area contributed by atoms with Crippen molar-refractivity contribution in [2.24, 2.45) is 5.92 Å². The molecule has 3 aliphatic rings. The lowest BCUT2D eigenvalue weighted by Gasteiger charge is -2.39. The third-order valence-corrected chi connectivity index (χ3v) is 5.12. The average Bonchev–Trinajstić information content (AvgIpc) is 2.79. The fraction of sp³-hybridized carbons (Fsp3) is 0.533. The van der Waals surface area contributed by atoms with Crippen LogP contribution in [0.25, 0.3) is 0 Å². The van der Waals surface area contributed by atoms with E-state index in [-0.39, 0.29) is 11.9 Å². The number of benzene rings is 1. The summed E-state index contributed by atoms with van der Waals surface area (Å²) in [4.78, 5) is 14.7. The standard InChI is InChI=1S/C15H17ClN2O/c16-10-5-6-13-11(8-10)17-15(19)14-7-9-3-1-2-4-12(9)18(13)14/h5-6,8-9,12,14H,1-4,7H2,(H,17,19). The summed E-state index contributed by atoms with van der Waals surface area (Å²) < 4.78 is 0. The van der Waals surface area contributed by atoms with E-state index in [0.29, 0.717) is 17.0 Å². The quantitative estimate of drug-likeness (QED) is 0.787. The van der Waals surface area contributed by atoms with Gasteiger partial charge < -0.3 is 10.2 Å². The van der Waals surface area contributed by atoms with E-state index in [9.17, 15) is 4.79 Å². The molecule has 4 rings (SSSR count). The van der Waals surface area contributed by atoms with Crippen LogP contribution in [0.4, 0.5) is 11.4 Å². The number of amides is 1. The van der Waals surface area contributed by atoms with Crippen molar-refractivity contribution in [1.29, 1.82) is 0 Å². The highest BCUT2D eigenvalue weighted by atomic mass is 35.5. The minimum absolute atomic E-state index is 0.0294. The van der Waals surface area contributed by atoms with Gasteiger partial charge in [-0.3, -0.25) is 4.79 Å². The molecule has 2 heterocycles. The maximum absolute atomic E-state index is 12.3. The van der Waals surface area contributed by atoms with E-state index in [1.807, 2.05) is 12.1 Å². The largest absolute Gasteiger partial charge is 0.355 e. The lowest BCUT2D eigenvalue weighted by Crippen LogP contribution is -2.48. The van der Waals surface area contributed by atoms with E-state index < -0.39 is 0 Å². The third kappa shape index (κ3) is 1.68. The zero-order valence-electron chi connectivity index (χ0n) is 10.7. The van der Waals surface area contributed by atoms with Crippen molar-refractivity contribution in [3.8, 4) is 0 Å². The number of nitrogens with zero attached hydrogens (tertiary/aromatic N) is 1. The van der Waals surface area contributed by atoms with Crippen molar-refractivity contribution in [3.63, 3.8) is 0 Å². The van der Waals surface area contributed by atoms with Crippen LogP contribution < -0.4 is 10.2 Å². The molecule has 1 saturated heterocycles. The number of carbonyl (C=O) groups is 1. The second kappa shape index (κ2) is 4.14. The van der Waals surface area contributed by atoms with Gasteiger partial charge in [-0.1, -0.05) is 24.4 Å². The number of halogens is 1. The molecule has 0 spiro atoms. The topological polar surface area (TPSA) is 32.3 Å². The van der Waals surface area contributed by atoms with Gasteiger partial charge in [0.15, 0.2) is 0 Å². The Labute approximate surface area is 117 Å². The number of fused-ring (bicyclic) bond motifs is 5. The van der Waals surface area contributed by atoms with Crippen LogP contribution in [-0.4, -0.2) is 18.0 Å². The summed E-state index contributed by atoms with van der Waals surface area (Å²) in [5.74, 6) is 0.829. The van der Waals surface area contributed by atoms with Gasteiger partial charge in [0.1, 0.15) is 6.04 Å². The number of nitrogens with one attached hydrogen (secondary N) is 1. The molecular weight excluding hydrogens is 260 g/mol. The predicted octanol–water partition coefficient (Wildman–Crippen LogP) is 3.43.